The molecule has 0 saturated carbocycles. The molecule has 21 heavy (non-hydrogen) atoms. The van der Waals surface area contributed by atoms with Crippen molar-refractivity contribution in [1.29, 1.82) is 0 Å². The van der Waals surface area contributed by atoms with E-state index in [1.54, 1.807) is 14.0 Å². The highest BCUT2D eigenvalue weighted by molar-refractivity contribution is 5.94. The summed E-state index contributed by atoms with van der Waals surface area (Å²) >= 11 is 0. The van der Waals surface area contributed by atoms with E-state index in [2.05, 4.69) is 12.2 Å². The number of aryl methyl sites for hydroxylation is 1. The van der Waals surface area contributed by atoms with Crippen LogP contribution in [0.3, 0.4) is 0 Å². The molecule has 0 aromatic heterocycles. The van der Waals surface area contributed by atoms with Crippen molar-refractivity contribution in [2.45, 2.75) is 26.3 Å². The molecule has 0 saturated heterocycles. The molecule has 0 bridgehead atoms. The van der Waals surface area contributed by atoms with Gasteiger partial charge in [-0.05, 0) is 24.5 Å². The second-order valence-corrected chi connectivity index (χ2v) is 5.03. The number of methoxy groups -OCH3 is 1. The molecule has 1 atom stereocenters. The first-order valence-electron chi connectivity index (χ1n) is 6.91. The first-order valence-corrected chi connectivity index (χ1v) is 6.91. The number of rotatable bonds is 3. The third-order valence-electron chi connectivity index (χ3n) is 3.88. The van der Waals surface area contributed by atoms with Gasteiger partial charge in [-0.3, -0.25) is 0 Å². The minimum atomic E-state index is -0.480. The zero-order valence-corrected chi connectivity index (χ0v) is 12.8. The van der Waals surface area contributed by atoms with Crippen LogP contribution in [0.15, 0.2) is 35.5 Å². The zero-order valence-electron chi connectivity index (χ0n) is 12.8. The van der Waals surface area contributed by atoms with Gasteiger partial charge in [-0.25, -0.2) is 9.59 Å². The third-order valence-corrected chi connectivity index (χ3v) is 3.88. The number of carbonyl (C=O) groups is 2. The topological polar surface area (TPSA) is 58.6 Å². The standard InChI is InChI=1S/C16H20N2O3/c1-5-11-6-8-12(9-7-11)14-13(15(19)21-4)10(2)18(3)16(20)17-14/h6-9,14H,5H2,1-4H3,(H,17,20). The molecule has 112 valence electrons. The maximum atomic E-state index is 12.1. The van der Waals surface area contributed by atoms with Crippen LogP contribution in [0.1, 0.15) is 31.0 Å². The number of amides is 2. The van der Waals surface area contributed by atoms with Crippen molar-refractivity contribution < 1.29 is 14.3 Å². The molecule has 0 spiro atoms. The van der Waals surface area contributed by atoms with Crippen LogP contribution in [0.4, 0.5) is 4.79 Å². The van der Waals surface area contributed by atoms with Crippen LogP contribution >= 0.6 is 0 Å². The van der Waals surface area contributed by atoms with Crippen LogP contribution in [0.2, 0.25) is 0 Å². The summed E-state index contributed by atoms with van der Waals surface area (Å²) < 4.78 is 4.87. The van der Waals surface area contributed by atoms with Gasteiger partial charge in [0.05, 0.1) is 18.7 Å². The Hall–Kier alpha value is -2.30. The average molecular weight is 288 g/mol. The molecular formula is C16H20N2O3. The predicted molar refractivity (Wildman–Crippen MR) is 79.6 cm³/mol. The van der Waals surface area contributed by atoms with Crippen molar-refractivity contribution >= 4 is 12.0 Å². The van der Waals surface area contributed by atoms with Crippen molar-refractivity contribution in [3.8, 4) is 0 Å². The number of hydrogen-bond donors (Lipinski definition) is 1. The summed E-state index contributed by atoms with van der Waals surface area (Å²) in [5, 5.41) is 2.84. The molecule has 1 aromatic rings. The SMILES string of the molecule is CCc1ccc(C2NC(=O)N(C)C(C)=C2C(=O)OC)cc1. The van der Waals surface area contributed by atoms with E-state index in [1.807, 2.05) is 24.3 Å². The molecule has 1 heterocycles. The van der Waals surface area contributed by atoms with Crippen molar-refractivity contribution in [2.24, 2.45) is 0 Å². The monoisotopic (exact) mass is 288 g/mol. The highest BCUT2D eigenvalue weighted by Gasteiger charge is 2.34. The van der Waals surface area contributed by atoms with Crippen LogP contribution in [0, 0.1) is 0 Å². The van der Waals surface area contributed by atoms with Crippen molar-refractivity contribution in [2.75, 3.05) is 14.2 Å². The maximum absolute atomic E-state index is 12.1. The number of esters is 1. The smallest absolute Gasteiger partial charge is 0.337 e. The number of carbonyl (C=O) groups excluding carboxylic acids is 2. The van der Waals surface area contributed by atoms with Crippen LogP contribution in [-0.4, -0.2) is 31.1 Å². The summed E-state index contributed by atoms with van der Waals surface area (Å²) in [6.07, 6.45) is 0.943. The van der Waals surface area contributed by atoms with Crippen molar-refractivity contribution in [3.63, 3.8) is 0 Å². The van der Waals surface area contributed by atoms with Gasteiger partial charge in [-0.15, -0.1) is 0 Å². The first kappa shape index (κ1) is 15.1. The largest absolute Gasteiger partial charge is 0.466 e. The number of hydrogen-bond acceptors (Lipinski definition) is 3. The molecule has 5 nitrogen and oxygen atoms in total. The van der Waals surface area contributed by atoms with E-state index < -0.39 is 12.0 Å². The van der Waals surface area contributed by atoms with Gasteiger partial charge < -0.3 is 15.0 Å². The van der Waals surface area contributed by atoms with E-state index in [1.165, 1.54) is 17.6 Å². The second-order valence-electron chi connectivity index (χ2n) is 5.03. The van der Waals surface area contributed by atoms with Gasteiger partial charge in [0.25, 0.3) is 0 Å². The van der Waals surface area contributed by atoms with Crippen LogP contribution < -0.4 is 5.32 Å². The van der Waals surface area contributed by atoms with Crippen LogP contribution in [-0.2, 0) is 16.0 Å². The summed E-state index contributed by atoms with van der Waals surface area (Å²) in [6.45, 7) is 3.83. The van der Waals surface area contributed by atoms with Gasteiger partial charge in [0, 0.05) is 12.7 Å². The van der Waals surface area contributed by atoms with Crippen LogP contribution in [0.5, 0.6) is 0 Å². The van der Waals surface area contributed by atoms with Gasteiger partial charge in [0.2, 0.25) is 0 Å². The molecule has 1 aromatic carbocycles. The molecule has 1 aliphatic rings. The number of allylic oxidation sites excluding steroid dienone is 1. The normalized spacial score (nSPS) is 18.6. The van der Waals surface area contributed by atoms with Gasteiger partial charge in [0.15, 0.2) is 0 Å². The average Bonchev–Trinajstić information content (AvgIpc) is 2.51. The maximum Gasteiger partial charge on any atom is 0.337 e. The Morgan fingerprint density at radius 1 is 1.33 bits per heavy atom. The molecular weight excluding hydrogens is 268 g/mol. The Kier molecular flexibility index (Phi) is 4.31. The van der Waals surface area contributed by atoms with E-state index in [9.17, 15) is 9.59 Å². The fourth-order valence-corrected chi connectivity index (χ4v) is 2.41. The van der Waals surface area contributed by atoms with Gasteiger partial charge in [-0.1, -0.05) is 31.2 Å². The molecule has 0 fully saturated rings. The minimum Gasteiger partial charge on any atom is -0.466 e. The highest BCUT2D eigenvalue weighted by Crippen LogP contribution is 2.30. The van der Waals surface area contributed by atoms with Gasteiger partial charge in [0.1, 0.15) is 0 Å². The molecule has 0 aliphatic carbocycles. The number of benzene rings is 1. The molecule has 2 rings (SSSR count). The lowest BCUT2D eigenvalue weighted by atomic mass is 9.94. The lowest BCUT2D eigenvalue weighted by Gasteiger charge is -2.33. The Labute approximate surface area is 124 Å². The van der Waals surface area contributed by atoms with Crippen molar-refractivity contribution in [3.05, 3.63) is 46.7 Å². The molecule has 0 radical (unpaired) electrons. The Morgan fingerprint density at radius 3 is 2.48 bits per heavy atom. The number of nitrogens with one attached hydrogen (secondary N) is 1. The summed E-state index contributed by atoms with van der Waals surface area (Å²) in [6, 6.07) is 7.17. The fraction of sp³-hybridized carbons (Fsp3) is 0.375. The molecule has 1 aliphatic heterocycles. The van der Waals surface area contributed by atoms with Crippen LogP contribution in [0.25, 0.3) is 0 Å². The Balaban J connectivity index is 2.48. The van der Waals surface area contributed by atoms with Gasteiger partial charge in [-0.2, -0.15) is 0 Å². The van der Waals surface area contributed by atoms with E-state index in [4.69, 9.17) is 4.74 Å². The molecule has 1 unspecified atom stereocenters. The van der Waals surface area contributed by atoms with E-state index in [0.29, 0.717) is 11.3 Å². The lowest BCUT2D eigenvalue weighted by molar-refractivity contribution is -0.136. The fourth-order valence-electron chi connectivity index (χ4n) is 2.41. The highest BCUT2D eigenvalue weighted by atomic mass is 16.5. The van der Waals surface area contributed by atoms with Crippen molar-refractivity contribution in [1.82, 2.24) is 10.2 Å². The molecule has 5 heteroatoms. The summed E-state index contributed by atoms with van der Waals surface area (Å²) in [4.78, 5) is 25.5. The lowest BCUT2D eigenvalue weighted by Crippen LogP contribution is -2.46. The number of ether oxygens (including phenoxy) is 1. The van der Waals surface area contributed by atoms with E-state index in [-0.39, 0.29) is 6.03 Å². The summed E-state index contributed by atoms with van der Waals surface area (Å²) in [5.74, 6) is -0.427. The second kappa shape index (κ2) is 5.99. The third kappa shape index (κ3) is 2.77. The van der Waals surface area contributed by atoms with E-state index >= 15 is 0 Å². The number of urea groups is 1. The van der Waals surface area contributed by atoms with E-state index in [0.717, 1.165) is 12.0 Å². The summed E-state index contributed by atoms with van der Waals surface area (Å²) in [7, 11) is 2.97. The minimum absolute atomic E-state index is 0.232. The number of nitrogens with zero attached hydrogens (tertiary/aromatic N) is 1. The Morgan fingerprint density at radius 2 is 1.95 bits per heavy atom. The summed E-state index contributed by atoms with van der Waals surface area (Å²) in [5.41, 5.74) is 3.14. The quantitative estimate of drug-likeness (QED) is 0.869. The zero-order chi connectivity index (χ0) is 15.6. The molecule has 2 amide bonds. The van der Waals surface area contributed by atoms with Gasteiger partial charge >= 0.3 is 12.0 Å². The Bertz CT molecular complexity index is 590. The first-order chi connectivity index (χ1) is 9.99. The molecule has 1 N–H and O–H groups in total. The predicted octanol–water partition coefficient (Wildman–Crippen LogP) is 2.39.